The van der Waals surface area contributed by atoms with Gasteiger partial charge in [-0.1, -0.05) is 42.5 Å². The molecule has 0 unspecified atom stereocenters. The number of nitrogens with one attached hydrogen (secondary N) is 2. The molecule has 0 aromatic heterocycles. The van der Waals surface area contributed by atoms with Gasteiger partial charge in [0.1, 0.15) is 35.8 Å². The van der Waals surface area contributed by atoms with Crippen molar-refractivity contribution in [1.82, 2.24) is 10.6 Å². The molecule has 1 heterocycles. The van der Waals surface area contributed by atoms with Crippen LogP contribution in [0, 0.1) is 11.6 Å². The van der Waals surface area contributed by atoms with Gasteiger partial charge in [0, 0.05) is 6.07 Å². The van der Waals surface area contributed by atoms with Crippen molar-refractivity contribution < 1.29 is 32.7 Å². The number of halogens is 2. The summed E-state index contributed by atoms with van der Waals surface area (Å²) in [4.78, 5) is 51.9. The van der Waals surface area contributed by atoms with Crippen molar-refractivity contribution in [2.45, 2.75) is 31.5 Å². The van der Waals surface area contributed by atoms with Crippen LogP contribution in [0.25, 0.3) is 0 Å². The lowest BCUT2D eigenvalue weighted by atomic mass is 10.0. The van der Waals surface area contributed by atoms with Gasteiger partial charge in [0.2, 0.25) is 11.8 Å². The van der Waals surface area contributed by atoms with Crippen LogP contribution in [0.15, 0.2) is 72.8 Å². The van der Waals surface area contributed by atoms with Gasteiger partial charge in [-0.25, -0.2) is 8.78 Å². The van der Waals surface area contributed by atoms with Gasteiger partial charge in [0.15, 0.2) is 6.10 Å². The molecule has 0 aliphatic carbocycles. The molecule has 4 rings (SSSR count). The Morgan fingerprint density at radius 2 is 1.68 bits per heavy atom. The van der Waals surface area contributed by atoms with Gasteiger partial charge < -0.3 is 20.2 Å². The fourth-order valence-electron chi connectivity index (χ4n) is 4.24. The van der Waals surface area contributed by atoms with Gasteiger partial charge in [-0.05, 0) is 42.3 Å². The number of hydrogen-bond donors (Lipinski definition) is 2. The van der Waals surface area contributed by atoms with Crippen molar-refractivity contribution in [3.8, 4) is 5.75 Å². The zero-order valence-corrected chi connectivity index (χ0v) is 20.4. The van der Waals surface area contributed by atoms with E-state index in [4.69, 9.17) is 4.74 Å². The molecule has 0 saturated heterocycles. The number of rotatable bonds is 8. The zero-order chi connectivity index (χ0) is 27.2. The molecular weight excluding hydrogens is 496 g/mol. The first-order valence-corrected chi connectivity index (χ1v) is 11.9. The second-order valence-corrected chi connectivity index (χ2v) is 8.76. The highest BCUT2D eigenvalue weighted by Gasteiger charge is 2.40. The summed E-state index contributed by atoms with van der Waals surface area (Å²) in [5.41, 5.74) is 1.09. The molecule has 1 aliphatic rings. The predicted octanol–water partition coefficient (Wildman–Crippen LogP) is 2.86. The predicted molar refractivity (Wildman–Crippen MR) is 134 cm³/mol. The SMILES string of the molecule is C[C@H](NC(=O)Cc1cc(F)cc(F)c1)C(=O)N[C@@H]1C(=O)N(CC=O)c2ccccc2O[C@@H]1c1ccccc1. The third-order valence-corrected chi connectivity index (χ3v) is 5.99. The number of hydrogen-bond acceptors (Lipinski definition) is 5. The minimum absolute atomic E-state index is 0.103. The molecule has 2 N–H and O–H groups in total. The van der Waals surface area contributed by atoms with E-state index in [0.29, 0.717) is 29.4 Å². The monoisotopic (exact) mass is 521 g/mol. The Balaban J connectivity index is 1.56. The van der Waals surface area contributed by atoms with Crippen LogP contribution >= 0.6 is 0 Å². The smallest absolute Gasteiger partial charge is 0.254 e. The second-order valence-electron chi connectivity index (χ2n) is 8.76. The summed E-state index contributed by atoms with van der Waals surface area (Å²) >= 11 is 0. The van der Waals surface area contributed by atoms with Crippen LogP contribution in [-0.2, 0) is 25.6 Å². The maximum atomic E-state index is 13.7. The molecule has 3 amide bonds. The molecule has 3 atom stereocenters. The second kappa shape index (κ2) is 11.6. The third kappa shape index (κ3) is 6.03. The van der Waals surface area contributed by atoms with E-state index in [1.807, 2.05) is 0 Å². The van der Waals surface area contributed by atoms with E-state index in [9.17, 15) is 28.0 Å². The van der Waals surface area contributed by atoms with Crippen molar-refractivity contribution in [2.24, 2.45) is 0 Å². The summed E-state index contributed by atoms with van der Waals surface area (Å²) in [6, 6.07) is 16.0. The van der Waals surface area contributed by atoms with Gasteiger partial charge in [0.25, 0.3) is 5.91 Å². The fraction of sp³-hybridized carbons (Fsp3) is 0.214. The molecule has 0 radical (unpaired) electrons. The van der Waals surface area contributed by atoms with Crippen molar-refractivity contribution >= 4 is 29.7 Å². The van der Waals surface area contributed by atoms with Crippen LogP contribution in [0.5, 0.6) is 5.75 Å². The molecule has 8 nitrogen and oxygen atoms in total. The Labute approximate surface area is 217 Å². The van der Waals surface area contributed by atoms with E-state index in [0.717, 1.165) is 12.1 Å². The molecule has 1 aliphatic heterocycles. The van der Waals surface area contributed by atoms with Crippen LogP contribution in [-0.4, -0.2) is 42.6 Å². The first-order valence-electron chi connectivity index (χ1n) is 11.9. The number of carbonyl (C=O) groups excluding carboxylic acids is 4. The number of ether oxygens (including phenoxy) is 1. The molecule has 0 spiro atoms. The highest BCUT2D eigenvalue weighted by atomic mass is 19.1. The van der Waals surface area contributed by atoms with E-state index in [1.54, 1.807) is 54.6 Å². The van der Waals surface area contributed by atoms with Gasteiger partial charge in [-0.3, -0.25) is 19.3 Å². The molecule has 0 fully saturated rings. The van der Waals surface area contributed by atoms with Gasteiger partial charge in [-0.15, -0.1) is 0 Å². The summed E-state index contributed by atoms with van der Waals surface area (Å²) in [6.45, 7) is 1.15. The first-order chi connectivity index (χ1) is 18.3. The molecule has 0 saturated carbocycles. The highest BCUT2D eigenvalue weighted by molar-refractivity contribution is 6.03. The van der Waals surface area contributed by atoms with Crippen LogP contribution in [0.1, 0.15) is 24.2 Å². The summed E-state index contributed by atoms with van der Waals surface area (Å²) < 4.78 is 33.1. The topological polar surface area (TPSA) is 105 Å². The Hall–Kier alpha value is -4.60. The third-order valence-electron chi connectivity index (χ3n) is 5.99. The summed E-state index contributed by atoms with van der Waals surface area (Å²) in [5.74, 6) is -3.19. The number of aldehydes is 1. The number of amides is 3. The van der Waals surface area contributed by atoms with Crippen molar-refractivity contribution in [3.63, 3.8) is 0 Å². The number of anilines is 1. The zero-order valence-electron chi connectivity index (χ0n) is 20.4. The molecule has 38 heavy (non-hydrogen) atoms. The van der Waals surface area contributed by atoms with Gasteiger partial charge in [0.05, 0.1) is 18.7 Å². The van der Waals surface area contributed by atoms with Gasteiger partial charge >= 0.3 is 0 Å². The fourth-order valence-corrected chi connectivity index (χ4v) is 4.24. The van der Waals surface area contributed by atoms with Gasteiger partial charge in [-0.2, -0.15) is 0 Å². The normalized spacial score (nSPS) is 17.4. The number of fused-ring (bicyclic) bond motifs is 1. The minimum Gasteiger partial charge on any atom is -0.481 e. The van der Waals surface area contributed by atoms with E-state index in [-0.39, 0.29) is 18.5 Å². The summed E-state index contributed by atoms with van der Waals surface area (Å²) in [6.07, 6.45) is -0.718. The maximum Gasteiger partial charge on any atom is 0.254 e. The standard InChI is InChI=1S/C28H25F2N3O5/c1-17(31-24(35)15-18-13-20(29)16-21(30)14-18)27(36)32-25-26(19-7-3-2-4-8-19)38-23-10-6-5-9-22(23)33(11-12-34)28(25)37/h2-10,12-14,16-17,25-26H,11,15H2,1H3,(H,31,35)(H,32,36)/t17-,25-,26+/m0/s1. The number of carbonyl (C=O) groups is 4. The van der Waals surface area contributed by atoms with E-state index in [1.165, 1.54) is 11.8 Å². The lowest BCUT2D eigenvalue weighted by molar-refractivity contribution is -0.132. The minimum atomic E-state index is -1.24. The summed E-state index contributed by atoms with van der Waals surface area (Å²) in [7, 11) is 0. The number of nitrogens with zero attached hydrogens (tertiary/aromatic N) is 1. The summed E-state index contributed by atoms with van der Waals surface area (Å²) in [5, 5.41) is 5.14. The Kier molecular flexibility index (Phi) is 8.10. The van der Waals surface area contributed by atoms with E-state index in [2.05, 4.69) is 10.6 Å². The number of para-hydroxylation sites is 2. The van der Waals surface area contributed by atoms with Crippen LogP contribution in [0.2, 0.25) is 0 Å². The first kappa shape index (κ1) is 26.5. The van der Waals surface area contributed by atoms with E-state index >= 15 is 0 Å². The number of benzene rings is 3. The Morgan fingerprint density at radius 1 is 1.03 bits per heavy atom. The molecule has 10 heteroatoms. The lowest BCUT2D eigenvalue weighted by Gasteiger charge is -2.28. The van der Waals surface area contributed by atoms with Crippen molar-refractivity contribution in [3.05, 3.63) is 95.6 Å². The quantitative estimate of drug-likeness (QED) is 0.444. The van der Waals surface area contributed by atoms with Crippen molar-refractivity contribution in [1.29, 1.82) is 0 Å². The van der Waals surface area contributed by atoms with E-state index < -0.39 is 47.5 Å². The molecular formula is C28H25F2N3O5. The van der Waals surface area contributed by atoms with Crippen LogP contribution < -0.4 is 20.3 Å². The lowest BCUT2D eigenvalue weighted by Crippen LogP contribution is -2.56. The average molecular weight is 522 g/mol. The van der Waals surface area contributed by atoms with Crippen LogP contribution in [0.3, 0.4) is 0 Å². The molecule has 3 aromatic carbocycles. The highest BCUT2D eigenvalue weighted by Crippen LogP contribution is 2.37. The Bertz CT molecular complexity index is 1330. The Morgan fingerprint density at radius 3 is 2.37 bits per heavy atom. The molecule has 196 valence electrons. The molecule has 0 bridgehead atoms. The van der Waals surface area contributed by atoms with Crippen LogP contribution in [0.4, 0.5) is 14.5 Å². The molecule has 3 aromatic rings. The maximum absolute atomic E-state index is 13.7. The largest absolute Gasteiger partial charge is 0.481 e. The average Bonchev–Trinajstić information content (AvgIpc) is 2.99. The van der Waals surface area contributed by atoms with Crippen molar-refractivity contribution in [2.75, 3.05) is 11.4 Å².